The van der Waals surface area contributed by atoms with Crippen molar-refractivity contribution in [2.45, 2.75) is 31.2 Å². The third kappa shape index (κ3) is 2.15. The summed E-state index contributed by atoms with van der Waals surface area (Å²) < 4.78 is 5.14. The zero-order valence-corrected chi connectivity index (χ0v) is 12.2. The maximum atomic E-state index is 5.14. The van der Waals surface area contributed by atoms with Crippen LogP contribution in [0.2, 0.25) is 0 Å². The fourth-order valence-electron chi connectivity index (χ4n) is 2.47. The number of hydrogen-bond donors (Lipinski definition) is 0. The number of ether oxygens (including phenoxy) is 1. The number of aryl methyl sites for hydroxylation is 1. The van der Waals surface area contributed by atoms with Crippen LogP contribution < -0.4 is 0 Å². The standard InChI is InChI=1S/C13H16N2OS2/c1-8-3-4-9-10(5-8)18-13-11(9)12(14-6-15-13)17-7-16-2/h6,8H,3-5,7H2,1-2H3/t8-/m1/s1. The van der Waals surface area contributed by atoms with Gasteiger partial charge in [-0.2, -0.15) is 0 Å². The minimum Gasteiger partial charge on any atom is -0.374 e. The van der Waals surface area contributed by atoms with Crippen LogP contribution in [0.15, 0.2) is 11.4 Å². The average molecular weight is 280 g/mol. The van der Waals surface area contributed by atoms with Gasteiger partial charge < -0.3 is 4.74 Å². The van der Waals surface area contributed by atoms with E-state index in [1.165, 1.54) is 35.1 Å². The SMILES string of the molecule is COCSc1ncnc2sc3c(c12)CC[C@@H](C)C3. The number of thioether (sulfide) groups is 1. The smallest absolute Gasteiger partial charge is 0.128 e. The molecule has 0 fully saturated rings. The molecule has 1 aliphatic carbocycles. The van der Waals surface area contributed by atoms with Crippen LogP contribution >= 0.6 is 23.1 Å². The Balaban J connectivity index is 2.09. The third-order valence-electron chi connectivity index (χ3n) is 3.37. The lowest BCUT2D eigenvalue weighted by atomic mass is 9.89. The molecule has 0 bridgehead atoms. The Morgan fingerprint density at radius 3 is 3.22 bits per heavy atom. The monoisotopic (exact) mass is 280 g/mol. The van der Waals surface area contributed by atoms with Gasteiger partial charge >= 0.3 is 0 Å². The summed E-state index contributed by atoms with van der Waals surface area (Å²) in [5.74, 6) is 1.45. The molecule has 0 unspecified atom stereocenters. The summed E-state index contributed by atoms with van der Waals surface area (Å²) in [4.78, 5) is 11.5. The van der Waals surface area contributed by atoms with Crippen LogP contribution in [-0.4, -0.2) is 23.0 Å². The van der Waals surface area contributed by atoms with E-state index < -0.39 is 0 Å². The van der Waals surface area contributed by atoms with Gasteiger partial charge in [0.05, 0.1) is 5.94 Å². The molecule has 0 radical (unpaired) electrons. The minimum atomic E-state index is 0.646. The van der Waals surface area contributed by atoms with Crippen molar-refractivity contribution in [1.82, 2.24) is 9.97 Å². The maximum Gasteiger partial charge on any atom is 0.128 e. The van der Waals surface area contributed by atoms with Crippen LogP contribution in [-0.2, 0) is 17.6 Å². The summed E-state index contributed by atoms with van der Waals surface area (Å²) >= 11 is 3.51. The first kappa shape index (κ1) is 12.4. The van der Waals surface area contributed by atoms with Crippen LogP contribution in [0.25, 0.3) is 10.2 Å². The van der Waals surface area contributed by atoms with Gasteiger partial charge in [-0.25, -0.2) is 9.97 Å². The van der Waals surface area contributed by atoms with E-state index in [0.717, 1.165) is 15.8 Å². The zero-order chi connectivity index (χ0) is 12.5. The second-order valence-corrected chi connectivity index (χ2v) is 6.76. The van der Waals surface area contributed by atoms with E-state index in [4.69, 9.17) is 4.74 Å². The van der Waals surface area contributed by atoms with Crippen LogP contribution in [0, 0.1) is 5.92 Å². The molecule has 1 aliphatic rings. The van der Waals surface area contributed by atoms with E-state index in [2.05, 4.69) is 16.9 Å². The van der Waals surface area contributed by atoms with Gasteiger partial charge in [0.2, 0.25) is 0 Å². The molecule has 0 saturated carbocycles. The first-order valence-corrected chi connectivity index (χ1v) is 7.96. The van der Waals surface area contributed by atoms with Crippen molar-refractivity contribution in [2.75, 3.05) is 13.0 Å². The van der Waals surface area contributed by atoms with Crippen LogP contribution in [0.3, 0.4) is 0 Å². The first-order chi connectivity index (χ1) is 8.79. The molecule has 0 spiro atoms. The molecule has 0 aromatic carbocycles. The predicted molar refractivity (Wildman–Crippen MR) is 76.3 cm³/mol. The molecule has 0 aliphatic heterocycles. The van der Waals surface area contributed by atoms with E-state index in [1.807, 2.05) is 11.3 Å². The van der Waals surface area contributed by atoms with Gasteiger partial charge in [0.1, 0.15) is 16.2 Å². The minimum absolute atomic E-state index is 0.646. The van der Waals surface area contributed by atoms with Gasteiger partial charge in [-0.15, -0.1) is 11.3 Å². The number of nitrogens with zero attached hydrogens (tertiary/aromatic N) is 2. The number of aromatic nitrogens is 2. The normalized spacial score (nSPS) is 19.1. The number of hydrogen-bond acceptors (Lipinski definition) is 5. The fourth-order valence-corrected chi connectivity index (χ4v) is 4.60. The van der Waals surface area contributed by atoms with Gasteiger partial charge in [0.15, 0.2) is 0 Å². The second-order valence-electron chi connectivity index (χ2n) is 4.76. The quantitative estimate of drug-likeness (QED) is 0.489. The summed E-state index contributed by atoms with van der Waals surface area (Å²) in [5, 5.41) is 2.36. The van der Waals surface area contributed by atoms with Crippen molar-refractivity contribution in [2.24, 2.45) is 5.92 Å². The van der Waals surface area contributed by atoms with Crippen molar-refractivity contribution in [3.8, 4) is 0 Å². The Bertz CT molecular complexity index is 567. The predicted octanol–water partition coefficient (Wildman–Crippen LogP) is 3.51. The highest BCUT2D eigenvalue weighted by Crippen LogP contribution is 2.40. The van der Waals surface area contributed by atoms with E-state index in [-0.39, 0.29) is 0 Å². The average Bonchev–Trinajstić information content (AvgIpc) is 2.73. The van der Waals surface area contributed by atoms with Crippen molar-refractivity contribution in [3.63, 3.8) is 0 Å². The van der Waals surface area contributed by atoms with Crippen molar-refractivity contribution >= 4 is 33.3 Å². The van der Waals surface area contributed by atoms with E-state index >= 15 is 0 Å². The molecule has 5 heteroatoms. The lowest BCUT2D eigenvalue weighted by molar-refractivity contribution is 0.258. The van der Waals surface area contributed by atoms with Gasteiger partial charge in [-0.1, -0.05) is 18.7 Å². The molecule has 96 valence electrons. The fraction of sp³-hybridized carbons (Fsp3) is 0.538. The summed E-state index contributed by atoms with van der Waals surface area (Å²) in [6, 6.07) is 0. The molecule has 3 rings (SSSR count). The van der Waals surface area contributed by atoms with E-state index in [9.17, 15) is 0 Å². The Morgan fingerprint density at radius 2 is 2.39 bits per heavy atom. The lowest BCUT2D eigenvalue weighted by Crippen LogP contribution is -2.08. The van der Waals surface area contributed by atoms with Gasteiger partial charge in [-0.3, -0.25) is 0 Å². The zero-order valence-electron chi connectivity index (χ0n) is 10.6. The molecule has 1 atom stereocenters. The van der Waals surface area contributed by atoms with Crippen molar-refractivity contribution in [1.29, 1.82) is 0 Å². The van der Waals surface area contributed by atoms with Crippen molar-refractivity contribution < 1.29 is 4.74 Å². The Labute approximate surface area is 115 Å². The number of methoxy groups -OCH3 is 1. The maximum absolute atomic E-state index is 5.14. The molecule has 0 saturated heterocycles. The van der Waals surface area contributed by atoms with Gasteiger partial charge in [-0.05, 0) is 30.7 Å². The highest BCUT2D eigenvalue weighted by molar-refractivity contribution is 7.99. The van der Waals surface area contributed by atoms with Crippen LogP contribution in [0.5, 0.6) is 0 Å². The van der Waals surface area contributed by atoms with Crippen molar-refractivity contribution in [3.05, 3.63) is 16.8 Å². The molecule has 2 heterocycles. The number of thiophene rings is 1. The summed E-state index contributed by atoms with van der Waals surface area (Å²) in [6.45, 7) is 2.33. The first-order valence-electron chi connectivity index (χ1n) is 6.16. The van der Waals surface area contributed by atoms with Crippen LogP contribution in [0.1, 0.15) is 23.8 Å². The topological polar surface area (TPSA) is 35.0 Å². The lowest BCUT2D eigenvalue weighted by Gasteiger charge is -2.18. The Kier molecular flexibility index (Phi) is 3.54. The Hall–Kier alpha value is -0.650. The molecule has 0 N–H and O–H groups in total. The summed E-state index contributed by atoms with van der Waals surface area (Å²) in [5.41, 5.74) is 1.49. The molecule has 2 aromatic heterocycles. The summed E-state index contributed by atoms with van der Waals surface area (Å²) in [7, 11) is 1.72. The van der Waals surface area contributed by atoms with E-state index in [0.29, 0.717) is 5.94 Å². The molecule has 0 amide bonds. The molecular formula is C13H16N2OS2. The number of rotatable bonds is 3. The van der Waals surface area contributed by atoms with Gasteiger partial charge in [0, 0.05) is 17.4 Å². The van der Waals surface area contributed by atoms with Gasteiger partial charge in [0.25, 0.3) is 0 Å². The third-order valence-corrected chi connectivity index (χ3v) is 5.47. The van der Waals surface area contributed by atoms with Crippen LogP contribution in [0.4, 0.5) is 0 Å². The molecule has 3 nitrogen and oxygen atoms in total. The number of fused-ring (bicyclic) bond motifs is 3. The largest absolute Gasteiger partial charge is 0.374 e. The summed E-state index contributed by atoms with van der Waals surface area (Å²) in [6.07, 6.45) is 5.32. The molecule has 18 heavy (non-hydrogen) atoms. The Morgan fingerprint density at radius 1 is 1.50 bits per heavy atom. The second kappa shape index (κ2) is 5.15. The molecule has 2 aromatic rings. The van der Waals surface area contributed by atoms with E-state index in [1.54, 1.807) is 25.2 Å². The molecular weight excluding hydrogens is 264 g/mol. The highest BCUT2D eigenvalue weighted by atomic mass is 32.2. The highest BCUT2D eigenvalue weighted by Gasteiger charge is 2.22.